The van der Waals surface area contributed by atoms with Crippen molar-refractivity contribution in [1.29, 1.82) is 0 Å². The highest BCUT2D eigenvalue weighted by atomic mass is 35.5. The van der Waals surface area contributed by atoms with Gasteiger partial charge in [-0.1, -0.05) is 35.3 Å². The molecule has 0 spiro atoms. The largest absolute Gasteiger partial charge is 0.452 e. The lowest BCUT2D eigenvalue weighted by Crippen LogP contribution is -2.21. The molecule has 7 heteroatoms. The summed E-state index contributed by atoms with van der Waals surface area (Å²) < 4.78 is 4.94. The topological polar surface area (TPSA) is 81.4 Å². The number of carbonyl (C=O) groups excluding carboxylic acids is 2. The highest BCUT2D eigenvalue weighted by molar-refractivity contribution is 6.39. The summed E-state index contributed by atoms with van der Waals surface area (Å²) in [5.41, 5.74) is 7.62. The van der Waals surface area contributed by atoms with Crippen molar-refractivity contribution in [1.82, 2.24) is 0 Å². The van der Waals surface area contributed by atoms with Gasteiger partial charge in [-0.25, -0.2) is 4.79 Å². The molecule has 0 aliphatic carbocycles. The van der Waals surface area contributed by atoms with Crippen LogP contribution in [0.25, 0.3) is 0 Å². The van der Waals surface area contributed by atoms with Gasteiger partial charge in [-0.15, -0.1) is 0 Å². The Bertz CT molecular complexity index is 743. The van der Waals surface area contributed by atoms with Gasteiger partial charge in [-0.05, 0) is 36.8 Å². The van der Waals surface area contributed by atoms with E-state index in [1.165, 1.54) is 6.07 Å². The molecule has 120 valence electrons. The second-order valence-electron chi connectivity index (χ2n) is 4.79. The summed E-state index contributed by atoms with van der Waals surface area (Å²) in [5, 5.41) is 3.09. The van der Waals surface area contributed by atoms with Gasteiger partial charge in [0.05, 0.1) is 21.3 Å². The van der Waals surface area contributed by atoms with Gasteiger partial charge in [0.2, 0.25) is 0 Å². The van der Waals surface area contributed by atoms with Crippen molar-refractivity contribution in [2.75, 3.05) is 17.7 Å². The third kappa shape index (κ3) is 4.37. The van der Waals surface area contributed by atoms with E-state index in [0.717, 1.165) is 5.56 Å². The maximum absolute atomic E-state index is 11.9. The van der Waals surface area contributed by atoms with Crippen LogP contribution in [0.4, 0.5) is 11.4 Å². The molecule has 1 amide bonds. The minimum Gasteiger partial charge on any atom is -0.452 e. The fourth-order valence-electron chi connectivity index (χ4n) is 1.77. The first-order valence-electron chi connectivity index (χ1n) is 6.65. The van der Waals surface area contributed by atoms with Crippen molar-refractivity contribution in [2.45, 2.75) is 6.92 Å². The standard InChI is InChI=1S/C16H14Cl2N2O3/c1-9-5-6-10(7-13(9)19)16(22)23-8-14(21)20-15-11(17)3-2-4-12(15)18/h2-7H,8,19H2,1H3,(H,20,21). The van der Waals surface area contributed by atoms with Crippen LogP contribution in [0, 0.1) is 6.92 Å². The molecule has 0 atom stereocenters. The maximum Gasteiger partial charge on any atom is 0.338 e. The van der Waals surface area contributed by atoms with Gasteiger partial charge in [0.25, 0.3) is 5.91 Å². The van der Waals surface area contributed by atoms with E-state index >= 15 is 0 Å². The zero-order chi connectivity index (χ0) is 17.0. The van der Waals surface area contributed by atoms with Gasteiger partial charge in [0.1, 0.15) is 0 Å². The third-order valence-corrected chi connectivity index (χ3v) is 3.71. The number of carbonyl (C=O) groups is 2. The Hall–Kier alpha value is -2.24. The molecule has 2 aromatic rings. The van der Waals surface area contributed by atoms with Gasteiger partial charge in [-0.2, -0.15) is 0 Å². The van der Waals surface area contributed by atoms with E-state index in [-0.39, 0.29) is 11.3 Å². The summed E-state index contributed by atoms with van der Waals surface area (Å²) in [4.78, 5) is 23.7. The van der Waals surface area contributed by atoms with Crippen LogP contribution in [0.5, 0.6) is 0 Å². The smallest absolute Gasteiger partial charge is 0.338 e. The molecule has 23 heavy (non-hydrogen) atoms. The van der Waals surface area contributed by atoms with E-state index in [9.17, 15) is 9.59 Å². The van der Waals surface area contributed by atoms with Crippen molar-refractivity contribution < 1.29 is 14.3 Å². The second kappa shape index (κ2) is 7.35. The number of hydrogen-bond acceptors (Lipinski definition) is 4. The monoisotopic (exact) mass is 352 g/mol. The number of para-hydroxylation sites is 1. The second-order valence-corrected chi connectivity index (χ2v) is 5.61. The quantitative estimate of drug-likeness (QED) is 0.649. The summed E-state index contributed by atoms with van der Waals surface area (Å²) in [6.45, 7) is 1.36. The van der Waals surface area contributed by atoms with E-state index in [1.54, 1.807) is 30.3 Å². The van der Waals surface area contributed by atoms with Crippen LogP contribution in [0.15, 0.2) is 36.4 Å². The van der Waals surface area contributed by atoms with Gasteiger partial charge in [-0.3, -0.25) is 4.79 Å². The predicted molar refractivity (Wildman–Crippen MR) is 91.0 cm³/mol. The minimum atomic E-state index is -0.642. The fourth-order valence-corrected chi connectivity index (χ4v) is 2.27. The minimum absolute atomic E-state index is 0.275. The predicted octanol–water partition coefficient (Wildman–Crippen LogP) is 3.68. The lowest BCUT2D eigenvalue weighted by molar-refractivity contribution is -0.119. The number of nitrogens with one attached hydrogen (secondary N) is 1. The normalized spacial score (nSPS) is 10.2. The van der Waals surface area contributed by atoms with Crippen LogP contribution < -0.4 is 11.1 Å². The number of esters is 1. The average Bonchev–Trinajstić information content (AvgIpc) is 2.51. The number of ether oxygens (including phenoxy) is 1. The molecule has 0 aliphatic rings. The van der Waals surface area contributed by atoms with Gasteiger partial charge in [0.15, 0.2) is 6.61 Å². The number of rotatable bonds is 4. The molecule has 3 N–H and O–H groups in total. The maximum atomic E-state index is 11.9. The number of nitrogens with two attached hydrogens (primary N) is 1. The first-order valence-corrected chi connectivity index (χ1v) is 7.41. The molecular formula is C16H14Cl2N2O3. The fraction of sp³-hybridized carbons (Fsp3) is 0.125. The highest BCUT2D eigenvalue weighted by Crippen LogP contribution is 2.29. The SMILES string of the molecule is Cc1ccc(C(=O)OCC(=O)Nc2c(Cl)cccc2Cl)cc1N. The highest BCUT2D eigenvalue weighted by Gasteiger charge is 2.13. The molecule has 0 heterocycles. The molecule has 0 radical (unpaired) electrons. The molecule has 0 unspecified atom stereocenters. The van der Waals surface area contributed by atoms with E-state index in [2.05, 4.69) is 5.32 Å². The average molecular weight is 353 g/mol. The summed E-state index contributed by atoms with van der Waals surface area (Å²) >= 11 is 11.9. The number of benzene rings is 2. The van der Waals surface area contributed by atoms with Crippen molar-refractivity contribution in [3.05, 3.63) is 57.6 Å². The number of anilines is 2. The van der Waals surface area contributed by atoms with Crippen molar-refractivity contribution in [2.24, 2.45) is 0 Å². The van der Waals surface area contributed by atoms with Gasteiger partial charge in [0, 0.05) is 5.69 Å². The van der Waals surface area contributed by atoms with Crippen LogP contribution in [0.3, 0.4) is 0 Å². The third-order valence-electron chi connectivity index (χ3n) is 3.08. The van der Waals surface area contributed by atoms with Gasteiger partial charge < -0.3 is 15.8 Å². The molecule has 2 rings (SSSR count). The molecule has 0 bridgehead atoms. The Morgan fingerprint density at radius 2 is 1.83 bits per heavy atom. The van der Waals surface area contributed by atoms with Crippen LogP contribution in [-0.4, -0.2) is 18.5 Å². The number of halogens is 2. The van der Waals surface area contributed by atoms with Crippen LogP contribution >= 0.6 is 23.2 Å². The molecule has 0 aliphatic heterocycles. The van der Waals surface area contributed by atoms with Crippen LogP contribution in [0.1, 0.15) is 15.9 Å². The number of hydrogen-bond donors (Lipinski definition) is 2. The van der Waals surface area contributed by atoms with E-state index in [1.807, 2.05) is 6.92 Å². The Balaban J connectivity index is 1.96. The van der Waals surface area contributed by atoms with Crippen LogP contribution in [-0.2, 0) is 9.53 Å². The van der Waals surface area contributed by atoms with E-state index in [0.29, 0.717) is 15.7 Å². The summed E-state index contributed by atoms with van der Waals surface area (Å²) in [6.07, 6.45) is 0. The first-order chi connectivity index (χ1) is 10.9. The lowest BCUT2D eigenvalue weighted by Gasteiger charge is -2.10. The molecule has 0 fully saturated rings. The van der Waals surface area contributed by atoms with E-state index < -0.39 is 18.5 Å². The van der Waals surface area contributed by atoms with E-state index in [4.69, 9.17) is 33.7 Å². The number of amides is 1. The molecule has 0 aromatic heterocycles. The Kier molecular flexibility index (Phi) is 5.47. The van der Waals surface area contributed by atoms with Crippen LogP contribution in [0.2, 0.25) is 10.0 Å². The Morgan fingerprint density at radius 1 is 1.17 bits per heavy atom. The molecule has 0 saturated carbocycles. The number of nitrogen functional groups attached to an aromatic ring is 1. The van der Waals surface area contributed by atoms with Crippen molar-refractivity contribution >= 4 is 46.5 Å². The zero-order valence-corrected chi connectivity index (χ0v) is 13.7. The molecule has 2 aromatic carbocycles. The Morgan fingerprint density at radius 3 is 2.43 bits per heavy atom. The lowest BCUT2D eigenvalue weighted by atomic mass is 10.1. The molecular weight excluding hydrogens is 339 g/mol. The zero-order valence-electron chi connectivity index (χ0n) is 12.2. The van der Waals surface area contributed by atoms with Gasteiger partial charge >= 0.3 is 5.97 Å². The molecule has 0 saturated heterocycles. The van der Waals surface area contributed by atoms with Crippen molar-refractivity contribution in [3.63, 3.8) is 0 Å². The Labute approximate surface area is 143 Å². The summed E-state index contributed by atoms with van der Waals surface area (Å²) in [7, 11) is 0. The summed E-state index contributed by atoms with van der Waals surface area (Å²) in [6, 6.07) is 9.61. The number of aryl methyl sites for hydroxylation is 1. The first kappa shape index (κ1) is 17.1. The summed E-state index contributed by atoms with van der Waals surface area (Å²) in [5.74, 6) is -1.19. The molecule has 5 nitrogen and oxygen atoms in total. The van der Waals surface area contributed by atoms with Crippen molar-refractivity contribution in [3.8, 4) is 0 Å².